The monoisotopic (exact) mass is 132 g/mol. The summed E-state index contributed by atoms with van der Waals surface area (Å²) in [6.07, 6.45) is 3.89. The second-order valence-corrected chi connectivity index (χ2v) is 1.66. The minimum atomic E-state index is 0. The first-order chi connectivity index (χ1) is 3.30. The fourth-order valence-electron chi connectivity index (χ4n) is 0.483. The highest BCUT2D eigenvalue weighted by Gasteiger charge is 1.93. The zero-order chi connectivity index (χ0) is 5.28. The lowest BCUT2D eigenvalue weighted by atomic mass is 10.7. The fraction of sp³-hybridized carbons (Fsp3) is 0.400. The first-order valence-electron chi connectivity index (χ1n) is 2.30. The van der Waals surface area contributed by atoms with Gasteiger partial charge in [-0.15, -0.1) is 0 Å². The van der Waals surface area contributed by atoms with Gasteiger partial charge < -0.3 is 12.4 Å². The number of nitrogens with one attached hydrogen (secondary N) is 1. The van der Waals surface area contributed by atoms with Crippen LogP contribution in [0.1, 0.15) is 5.82 Å². The second kappa shape index (κ2) is 2.72. The van der Waals surface area contributed by atoms with E-state index >= 15 is 0 Å². The van der Waals surface area contributed by atoms with E-state index in [0.29, 0.717) is 0 Å². The Balaban J connectivity index is 0.000000490. The summed E-state index contributed by atoms with van der Waals surface area (Å²) in [7, 11) is 2.01. The molecule has 0 unspecified atom stereocenters. The van der Waals surface area contributed by atoms with Crippen LogP contribution in [-0.2, 0) is 7.05 Å². The lowest BCUT2D eigenvalue weighted by Crippen LogP contribution is -3.00. The smallest absolute Gasteiger partial charge is 0.250 e. The second-order valence-electron chi connectivity index (χ2n) is 1.66. The predicted molar refractivity (Wildman–Crippen MR) is 26.7 cm³/mol. The van der Waals surface area contributed by atoms with Crippen LogP contribution in [0.5, 0.6) is 0 Å². The number of aromatic amines is 1. The van der Waals surface area contributed by atoms with Crippen LogP contribution in [0.25, 0.3) is 0 Å². The van der Waals surface area contributed by atoms with E-state index in [4.69, 9.17) is 0 Å². The summed E-state index contributed by atoms with van der Waals surface area (Å²) in [5.74, 6) is 1.18. The Morgan fingerprint density at radius 2 is 2.25 bits per heavy atom. The Morgan fingerprint density at radius 3 is 2.38 bits per heavy atom. The third-order valence-electron chi connectivity index (χ3n) is 1.12. The van der Waals surface area contributed by atoms with Crippen molar-refractivity contribution in [3.05, 3.63) is 18.2 Å². The zero-order valence-corrected chi connectivity index (χ0v) is 5.74. The first kappa shape index (κ1) is 7.50. The Labute approximate surface area is 55.0 Å². The van der Waals surface area contributed by atoms with Crippen molar-refractivity contribution in [2.75, 3.05) is 0 Å². The fourth-order valence-corrected chi connectivity index (χ4v) is 0.483. The summed E-state index contributed by atoms with van der Waals surface area (Å²) in [5.41, 5.74) is 0. The summed E-state index contributed by atoms with van der Waals surface area (Å²) in [6.45, 7) is 2.03. The van der Waals surface area contributed by atoms with Gasteiger partial charge in [-0.05, 0) is 0 Å². The summed E-state index contributed by atoms with van der Waals surface area (Å²) in [5, 5.41) is 0. The van der Waals surface area contributed by atoms with Gasteiger partial charge >= 0.3 is 0 Å². The van der Waals surface area contributed by atoms with Gasteiger partial charge in [0.2, 0.25) is 0 Å². The molecule has 2 nitrogen and oxygen atoms in total. The topological polar surface area (TPSA) is 19.7 Å². The number of hydrogen-bond acceptors (Lipinski definition) is 0. The molecule has 1 rings (SSSR count). The zero-order valence-electron chi connectivity index (χ0n) is 4.98. The molecule has 0 aliphatic heterocycles. The maximum atomic E-state index is 3.03. The van der Waals surface area contributed by atoms with E-state index in [0.717, 1.165) is 0 Å². The van der Waals surface area contributed by atoms with E-state index in [1.807, 2.05) is 30.9 Å². The molecule has 1 N–H and O–H groups in total. The SMILES string of the molecule is Cc1[nH]cc[n+]1C.[Cl-]. The number of rotatable bonds is 0. The quantitative estimate of drug-likeness (QED) is 0.367. The lowest BCUT2D eigenvalue weighted by molar-refractivity contribution is -0.676. The molecule has 1 aromatic rings. The molecule has 0 saturated heterocycles. The molecule has 0 saturated carbocycles. The van der Waals surface area contributed by atoms with Crippen molar-refractivity contribution in [3.8, 4) is 0 Å². The Bertz CT molecular complexity index is 143. The number of imidazole rings is 1. The van der Waals surface area contributed by atoms with Gasteiger partial charge in [-0.1, -0.05) is 0 Å². The van der Waals surface area contributed by atoms with Crippen LogP contribution >= 0.6 is 0 Å². The van der Waals surface area contributed by atoms with E-state index in [9.17, 15) is 0 Å². The largest absolute Gasteiger partial charge is 1.00 e. The lowest BCUT2D eigenvalue weighted by Gasteiger charge is -1.77. The molecule has 46 valence electrons. The first-order valence-corrected chi connectivity index (χ1v) is 2.30. The summed E-state index contributed by atoms with van der Waals surface area (Å²) < 4.78 is 2.03. The van der Waals surface area contributed by atoms with Crippen LogP contribution in [-0.4, -0.2) is 4.98 Å². The molecular weight excluding hydrogens is 124 g/mol. The maximum Gasteiger partial charge on any atom is 0.250 e. The molecule has 0 bridgehead atoms. The van der Waals surface area contributed by atoms with E-state index in [1.165, 1.54) is 5.82 Å². The molecule has 0 aliphatic carbocycles. The van der Waals surface area contributed by atoms with Gasteiger partial charge in [-0.2, -0.15) is 0 Å². The van der Waals surface area contributed by atoms with Gasteiger partial charge in [0, 0.05) is 6.92 Å². The number of aryl methyl sites for hydroxylation is 2. The average molecular weight is 133 g/mol. The number of H-pyrrole nitrogens is 1. The van der Waals surface area contributed by atoms with Crippen LogP contribution in [0.4, 0.5) is 0 Å². The van der Waals surface area contributed by atoms with Crippen molar-refractivity contribution in [3.63, 3.8) is 0 Å². The highest BCUT2D eigenvalue weighted by molar-refractivity contribution is 4.69. The molecule has 0 aliphatic rings. The van der Waals surface area contributed by atoms with E-state index in [1.54, 1.807) is 0 Å². The number of hydrogen-bond donors (Lipinski definition) is 1. The third kappa shape index (κ3) is 1.23. The van der Waals surface area contributed by atoms with Gasteiger partial charge in [0.25, 0.3) is 5.82 Å². The number of aromatic nitrogens is 2. The highest BCUT2D eigenvalue weighted by Crippen LogP contribution is 1.75. The van der Waals surface area contributed by atoms with E-state index in [-0.39, 0.29) is 12.4 Å². The molecule has 0 fully saturated rings. The molecule has 3 heteroatoms. The van der Waals surface area contributed by atoms with Gasteiger partial charge in [0.05, 0.1) is 7.05 Å². The van der Waals surface area contributed by atoms with Gasteiger partial charge in [0.15, 0.2) is 0 Å². The standard InChI is InChI=1S/C5H8N2.ClH/c1-5-6-3-4-7(5)2;/h3-4H,1-2H3;1H. The van der Waals surface area contributed by atoms with Crippen molar-refractivity contribution in [1.82, 2.24) is 4.98 Å². The van der Waals surface area contributed by atoms with Crippen LogP contribution in [0, 0.1) is 6.92 Å². The van der Waals surface area contributed by atoms with Crippen molar-refractivity contribution in [2.45, 2.75) is 6.92 Å². The molecule has 8 heavy (non-hydrogen) atoms. The van der Waals surface area contributed by atoms with Crippen LogP contribution < -0.4 is 17.0 Å². The molecule has 0 amide bonds. The molecule has 0 radical (unpaired) electrons. The molecule has 0 aromatic carbocycles. The number of nitrogens with zero attached hydrogens (tertiary/aromatic N) is 1. The summed E-state index contributed by atoms with van der Waals surface area (Å²) >= 11 is 0. The average Bonchev–Trinajstić information content (AvgIpc) is 1.91. The summed E-state index contributed by atoms with van der Waals surface area (Å²) in [4.78, 5) is 3.03. The van der Waals surface area contributed by atoms with E-state index in [2.05, 4.69) is 4.98 Å². The van der Waals surface area contributed by atoms with Crippen LogP contribution in [0.3, 0.4) is 0 Å². The minimum absolute atomic E-state index is 0. The summed E-state index contributed by atoms with van der Waals surface area (Å²) in [6, 6.07) is 0. The normalized spacial score (nSPS) is 8.25. The van der Waals surface area contributed by atoms with Gasteiger partial charge in [-0.3, -0.25) is 0 Å². The third-order valence-corrected chi connectivity index (χ3v) is 1.12. The van der Waals surface area contributed by atoms with Crippen molar-refractivity contribution < 1.29 is 17.0 Å². The van der Waals surface area contributed by atoms with Crippen molar-refractivity contribution in [1.29, 1.82) is 0 Å². The van der Waals surface area contributed by atoms with Crippen molar-refractivity contribution in [2.24, 2.45) is 7.05 Å². The van der Waals surface area contributed by atoms with Gasteiger partial charge in [-0.25, -0.2) is 9.55 Å². The Hall–Kier alpha value is -0.500. The minimum Gasteiger partial charge on any atom is -1.00 e. The number of halogens is 1. The van der Waals surface area contributed by atoms with Gasteiger partial charge in [0.1, 0.15) is 12.4 Å². The van der Waals surface area contributed by atoms with E-state index < -0.39 is 0 Å². The van der Waals surface area contributed by atoms with Crippen molar-refractivity contribution >= 4 is 0 Å². The molecule has 1 heterocycles. The van der Waals surface area contributed by atoms with Crippen LogP contribution in [0.15, 0.2) is 12.4 Å². The highest BCUT2D eigenvalue weighted by atomic mass is 35.5. The predicted octanol–water partition coefficient (Wildman–Crippen LogP) is -2.85. The maximum absolute atomic E-state index is 3.03. The Kier molecular flexibility index (Phi) is 2.55. The molecular formula is C5H9ClN2. The molecule has 0 spiro atoms. The van der Waals surface area contributed by atoms with Crippen LogP contribution in [0.2, 0.25) is 0 Å². The molecule has 0 atom stereocenters. The molecule has 1 aromatic heterocycles. The Morgan fingerprint density at radius 1 is 1.62 bits per heavy atom.